The molecule has 0 bridgehead atoms. The molecule has 0 amide bonds. The van der Waals surface area contributed by atoms with Gasteiger partial charge in [-0.15, -0.1) is 11.3 Å². The van der Waals surface area contributed by atoms with Gasteiger partial charge in [0.05, 0.1) is 40.6 Å². The van der Waals surface area contributed by atoms with Crippen LogP contribution in [0, 0.1) is 0 Å². The van der Waals surface area contributed by atoms with Crippen molar-refractivity contribution in [2.75, 3.05) is 18.1 Å². The van der Waals surface area contributed by atoms with Gasteiger partial charge in [0, 0.05) is 25.7 Å². The Morgan fingerprint density at radius 3 is 2.59 bits per heavy atom. The van der Waals surface area contributed by atoms with Gasteiger partial charge in [-0.1, -0.05) is 26.0 Å². The molecule has 8 heteroatoms. The topological polar surface area (TPSA) is 59.2 Å². The number of hydrogen-bond donors (Lipinski definition) is 0. The van der Waals surface area contributed by atoms with E-state index in [0.29, 0.717) is 12.1 Å². The number of hydrogen-bond acceptors (Lipinski definition) is 6. The minimum Gasteiger partial charge on any atom is -0.308 e. The highest BCUT2D eigenvalue weighted by molar-refractivity contribution is 7.18. The predicted octanol–water partition coefficient (Wildman–Crippen LogP) is 3.92. The van der Waals surface area contributed by atoms with E-state index in [1.807, 2.05) is 28.4 Å². The molecule has 0 saturated carbocycles. The lowest BCUT2D eigenvalue weighted by atomic mass is 10.0. The molecule has 3 atom stereocenters. The summed E-state index contributed by atoms with van der Waals surface area (Å²) in [6.45, 7) is 8.65. The Balaban J connectivity index is 1.45. The molecule has 1 saturated heterocycles. The molecule has 168 valence electrons. The van der Waals surface area contributed by atoms with Crippen molar-refractivity contribution in [3.8, 4) is 0 Å². The summed E-state index contributed by atoms with van der Waals surface area (Å²) in [7, 11) is 1.81. The summed E-state index contributed by atoms with van der Waals surface area (Å²) in [5.41, 5.74) is 2.79. The van der Waals surface area contributed by atoms with Crippen molar-refractivity contribution < 1.29 is 0 Å². The van der Waals surface area contributed by atoms with Crippen molar-refractivity contribution in [3.05, 3.63) is 58.0 Å². The summed E-state index contributed by atoms with van der Waals surface area (Å²) in [6, 6.07) is 12.8. The summed E-state index contributed by atoms with van der Waals surface area (Å²) < 4.78 is 2.92. The molecular formula is C24H30N6OS. The van der Waals surface area contributed by atoms with Gasteiger partial charge in [-0.2, -0.15) is 9.89 Å². The zero-order valence-electron chi connectivity index (χ0n) is 19.1. The van der Waals surface area contributed by atoms with Gasteiger partial charge in [0.1, 0.15) is 10.5 Å². The zero-order valence-corrected chi connectivity index (χ0v) is 19.9. The fourth-order valence-corrected chi connectivity index (χ4v) is 5.89. The minimum absolute atomic E-state index is 0.00925. The van der Waals surface area contributed by atoms with Crippen LogP contribution in [0.15, 0.2) is 47.4 Å². The van der Waals surface area contributed by atoms with Gasteiger partial charge in [0.2, 0.25) is 0 Å². The highest BCUT2D eigenvalue weighted by atomic mass is 32.1. The molecule has 0 aliphatic carbocycles. The molecule has 3 aromatic heterocycles. The number of benzene rings is 1. The number of para-hydroxylation sites is 1. The third-order valence-corrected chi connectivity index (χ3v) is 8.07. The van der Waals surface area contributed by atoms with E-state index >= 15 is 0 Å². The van der Waals surface area contributed by atoms with Crippen molar-refractivity contribution in [2.24, 2.45) is 7.05 Å². The van der Waals surface area contributed by atoms with Gasteiger partial charge in [-0.3, -0.25) is 14.7 Å². The fourth-order valence-electron chi connectivity index (χ4n) is 4.85. The summed E-state index contributed by atoms with van der Waals surface area (Å²) in [6.07, 6.45) is 4.08. The Hall–Kier alpha value is -2.71. The summed E-state index contributed by atoms with van der Waals surface area (Å²) in [5, 5.41) is 8.38. The normalized spacial score (nSPS) is 20.9. The number of aromatic nitrogens is 4. The maximum absolute atomic E-state index is 12.1. The van der Waals surface area contributed by atoms with E-state index in [4.69, 9.17) is 10.1 Å². The van der Waals surface area contributed by atoms with Gasteiger partial charge in [-0.25, -0.2) is 4.98 Å². The molecule has 0 spiro atoms. The number of piperazine rings is 1. The van der Waals surface area contributed by atoms with Crippen LogP contribution in [0.1, 0.15) is 44.7 Å². The number of fused-ring (bicyclic) bond motifs is 2. The fraction of sp³-hybridized carbons (Fsp3) is 0.458. The molecule has 1 aromatic carbocycles. The van der Waals surface area contributed by atoms with Gasteiger partial charge < -0.3 is 4.57 Å². The van der Waals surface area contributed by atoms with Gasteiger partial charge in [0.15, 0.2) is 0 Å². The van der Waals surface area contributed by atoms with Crippen molar-refractivity contribution in [1.29, 1.82) is 0 Å². The molecule has 7 nitrogen and oxygen atoms in total. The summed E-state index contributed by atoms with van der Waals surface area (Å²) >= 11 is 1.81. The van der Waals surface area contributed by atoms with Crippen LogP contribution in [0.25, 0.3) is 21.3 Å². The van der Waals surface area contributed by atoms with E-state index in [1.54, 1.807) is 17.7 Å². The van der Waals surface area contributed by atoms with Gasteiger partial charge in [-0.05, 0) is 38.0 Å². The standard InChI is InChI=1S/C24H30N6OS/c1-5-17-14-29(30-15-21-19(26-30)11-12-23(31)27(21)4)18(6-2)13-28(17)16(3)24-25-20-9-7-8-10-22(20)32-24/h7-12,15-18H,5-6,13-14H2,1-4H3/t16?,17-,18+/m1/s1. The van der Waals surface area contributed by atoms with E-state index < -0.39 is 0 Å². The van der Waals surface area contributed by atoms with Gasteiger partial charge >= 0.3 is 0 Å². The van der Waals surface area contributed by atoms with Crippen molar-refractivity contribution >= 4 is 32.6 Å². The number of nitrogens with zero attached hydrogens (tertiary/aromatic N) is 6. The first-order valence-electron chi connectivity index (χ1n) is 11.4. The van der Waals surface area contributed by atoms with Crippen LogP contribution < -0.4 is 10.6 Å². The molecule has 0 N–H and O–H groups in total. The molecule has 4 aromatic rings. The number of thiazole rings is 1. The van der Waals surface area contributed by atoms with Crippen LogP contribution in [0.4, 0.5) is 0 Å². The Morgan fingerprint density at radius 2 is 1.84 bits per heavy atom. The van der Waals surface area contributed by atoms with Crippen LogP contribution in [-0.4, -0.2) is 49.5 Å². The van der Waals surface area contributed by atoms with Crippen LogP contribution in [0.2, 0.25) is 0 Å². The third kappa shape index (κ3) is 3.51. The first-order chi connectivity index (χ1) is 15.5. The maximum Gasteiger partial charge on any atom is 0.250 e. The van der Waals surface area contributed by atoms with Crippen molar-refractivity contribution in [2.45, 2.75) is 51.7 Å². The Kier molecular flexibility index (Phi) is 5.51. The van der Waals surface area contributed by atoms with E-state index in [2.05, 4.69) is 54.9 Å². The highest BCUT2D eigenvalue weighted by Gasteiger charge is 2.36. The summed E-state index contributed by atoms with van der Waals surface area (Å²) in [5.74, 6) is 0. The molecule has 1 aliphatic heterocycles. The molecule has 0 radical (unpaired) electrons. The van der Waals surface area contributed by atoms with Crippen LogP contribution in [0.5, 0.6) is 0 Å². The molecule has 5 rings (SSSR count). The monoisotopic (exact) mass is 450 g/mol. The van der Waals surface area contributed by atoms with Gasteiger partial charge in [0.25, 0.3) is 5.56 Å². The predicted molar refractivity (Wildman–Crippen MR) is 131 cm³/mol. The van der Waals surface area contributed by atoms with Crippen LogP contribution in [0.3, 0.4) is 0 Å². The zero-order chi connectivity index (χ0) is 22.4. The number of aryl methyl sites for hydroxylation is 1. The van der Waals surface area contributed by atoms with E-state index in [9.17, 15) is 4.79 Å². The second-order valence-electron chi connectivity index (χ2n) is 8.69. The Morgan fingerprint density at radius 1 is 1.06 bits per heavy atom. The van der Waals surface area contributed by atoms with Crippen LogP contribution in [-0.2, 0) is 7.05 Å². The number of rotatable bonds is 5. The molecule has 4 heterocycles. The molecular weight excluding hydrogens is 420 g/mol. The number of pyridine rings is 1. The smallest absolute Gasteiger partial charge is 0.250 e. The summed E-state index contributed by atoms with van der Waals surface area (Å²) in [4.78, 5) is 21.6. The van der Waals surface area contributed by atoms with Crippen LogP contribution >= 0.6 is 11.3 Å². The Bertz CT molecular complexity index is 1270. The van der Waals surface area contributed by atoms with Crippen molar-refractivity contribution in [1.82, 2.24) is 24.3 Å². The van der Waals surface area contributed by atoms with E-state index in [-0.39, 0.29) is 11.6 Å². The quantitative estimate of drug-likeness (QED) is 0.461. The Labute approximate surface area is 191 Å². The molecule has 1 aliphatic rings. The lowest BCUT2D eigenvalue weighted by Gasteiger charge is -2.48. The molecule has 32 heavy (non-hydrogen) atoms. The average Bonchev–Trinajstić information content (AvgIpc) is 3.45. The third-order valence-electron chi connectivity index (χ3n) is 6.87. The largest absolute Gasteiger partial charge is 0.308 e. The maximum atomic E-state index is 12.1. The van der Waals surface area contributed by atoms with E-state index in [0.717, 1.165) is 42.5 Å². The SMILES string of the molecule is CC[C@@H]1CN(n2cc3c(ccc(=O)n3C)n2)[C@@H](CC)CN1C(C)c1nc2ccccc2s1. The first-order valence-corrected chi connectivity index (χ1v) is 12.2. The second-order valence-corrected chi connectivity index (χ2v) is 9.75. The first kappa shape index (κ1) is 21.2. The average molecular weight is 451 g/mol. The molecule has 1 unspecified atom stereocenters. The van der Waals surface area contributed by atoms with E-state index in [1.165, 1.54) is 9.71 Å². The molecule has 1 fully saturated rings. The lowest BCUT2D eigenvalue weighted by molar-refractivity contribution is 0.0855. The second kappa shape index (κ2) is 8.33. The highest BCUT2D eigenvalue weighted by Crippen LogP contribution is 2.33. The minimum atomic E-state index is -0.00925. The van der Waals surface area contributed by atoms with Crippen molar-refractivity contribution in [3.63, 3.8) is 0 Å². The lowest BCUT2D eigenvalue weighted by Crippen LogP contribution is -2.62.